The van der Waals surface area contributed by atoms with E-state index in [1.807, 2.05) is 0 Å². The van der Waals surface area contributed by atoms with Gasteiger partial charge in [0.05, 0.1) is 0 Å². The third-order valence-corrected chi connectivity index (χ3v) is 5.18. The molecule has 1 saturated carbocycles. The number of halogens is 7. The Bertz CT molecular complexity index is 335. The van der Waals surface area contributed by atoms with Crippen LogP contribution in [0.4, 0.5) is 26.3 Å². The van der Waals surface area contributed by atoms with Crippen LogP contribution < -0.4 is 0 Å². The quantitative estimate of drug-likeness (QED) is 0.378. The van der Waals surface area contributed by atoms with Crippen LogP contribution in [0.3, 0.4) is 0 Å². The van der Waals surface area contributed by atoms with Crippen molar-refractivity contribution in [3.8, 4) is 0 Å². The number of hydrogen-bond donors (Lipinski definition) is 0. The van der Waals surface area contributed by atoms with Gasteiger partial charge in [-0.2, -0.15) is 26.3 Å². The van der Waals surface area contributed by atoms with Gasteiger partial charge >= 0.3 is 12.4 Å². The Balaban J connectivity index is 2.14. The second-order valence-electron chi connectivity index (χ2n) is 4.51. The summed E-state index contributed by atoms with van der Waals surface area (Å²) in [5, 5.41) is 0. The Labute approximate surface area is 94.9 Å². The molecule has 0 aromatic heterocycles. The minimum absolute atomic E-state index is 0.0143. The molecule has 5 atom stereocenters. The lowest BCUT2D eigenvalue weighted by molar-refractivity contribution is -0.328. The van der Waals surface area contributed by atoms with E-state index in [0.717, 1.165) is 0 Å². The Morgan fingerprint density at radius 1 is 1.06 bits per heavy atom. The summed E-state index contributed by atoms with van der Waals surface area (Å²) in [5.41, 5.74) is -3.61. The van der Waals surface area contributed by atoms with Crippen LogP contribution in [0.15, 0.2) is 0 Å². The van der Waals surface area contributed by atoms with Crippen LogP contribution >= 0.6 is 15.9 Å². The molecule has 92 valence electrons. The predicted octanol–water partition coefficient (Wildman–Crippen LogP) is 2.70. The summed E-state index contributed by atoms with van der Waals surface area (Å²) >= 11 is 2.97. The van der Waals surface area contributed by atoms with Crippen LogP contribution in [-0.4, -0.2) is 39.7 Å². The second-order valence-corrected chi connectivity index (χ2v) is 5.57. The van der Waals surface area contributed by atoms with Gasteiger partial charge in [0.25, 0.3) is 0 Å². The standard InChI is InChI=1S/C8H6BrF6N/c9-4-2-1-3-5(4)16(3)6(2,7(10,11)12)8(13,14)15/h2-5H,1H2/t2-,3-,4-,5-,16?/m0/s1. The van der Waals surface area contributed by atoms with Gasteiger partial charge in [0.2, 0.25) is 5.54 Å². The zero-order valence-corrected chi connectivity index (χ0v) is 9.20. The molecule has 0 amide bonds. The van der Waals surface area contributed by atoms with Gasteiger partial charge in [0.15, 0.2) is 0 Å². The molecule has 4 bridgehead atoms. The molecule has 3 aliphatic heterocycles. The van der Waals surface area contributed by atoms with Crippen LogP contribution in [0.5, 0.6) is 0 Å². The van der Waals surface area contributed by atoms with Crippen LogP contribution in [0.25, 0.3) is 0 Å². The number of hydrogen-bond acceptors (Lipinski definition) is 1. The van der Waals surface area contributed by atoms with E-state index in [2.05, 4.69) is 15.9 Å². The molecule has 1 aliphatic carbocycles. The van der Waals surface area contributed by atoms with Gasteiger partial charge in [-0.1, -0.05) is 15.9 Å². The molecule has 8 heteroatoms. The highest BCUT2D eigenvalue weighted by Crippen LogP contribution is 2.73. The van der Waals surface area contributed by atoms with Crippen molar-refractivity contribution < 1.29 is 26.3 Å². The van der Waals surface area contributed by atoms with Gasteiger partial charge in [-0.3, -0.25) is 4.90 Å². The second kappa shape index (κ2) is 2.55. The smallest absolute Gasteiger partial charge is 0.272 e. The lowest BCUT2D eigenvalue weighted by Gasteiger charge is -2.37. The van der Waals surface area contributed by atoms with Gasteiger partial charge in [-0.05, 0) is 6.42 Å². The van der Waals surface area contributed by atoms with Gasteiger partial charge in [0.1, 0.15) is 0 Å². The Kier molecular flexibility index (Phi) is 1.77. The van der Waals surface area contributed by atoms with Crippen molar-refractivity contribution in [1.82, 2.24) is 4.90 Å². The highest BCUT2D eigenvalue weighted by atomic mass is 79.9. The van der Waals surface area contributed by atoms with E-state index in [1.165, 1.54) is 0 Å². The van der Waals surface area contributed by atoms with E-state index < -0.39 is 40.7 Å². The molecule has 0 aromatic rings. The number of alkyl halides is 7. The van der Waals surface area contributed by atoms with Gasteiger partial charge in [0, 0.05) is 22.8 Å². The topological polar surface area (TPSA) is 3.01 Å². The van der Waals surface area contributed by atoms with Gasteiger partial charge in [-0.15, -0.1) is 0 Å². The van der Waals surface area contributed by atoms with Gasteiger partial charge < -0.3 is 0 Å². The van der Waals surface area contributed by atoms with Crippen molar-refractivity contribution >= 4 is 15.9 Å². The summed E-state index contributed by atoms with van der Waals surface area (Å²) in [6, 6.07) is -1.13. The van der Waals surface area contributed by atoms with Crippen LogP contribution in [0.2, 0.25) is 0 Å². The summed E-state index contributed by atoms with van der Waals surface area (Å²) in [7, 11) is 0. The first-order valence-corrected chi connectivity index (χ1v) is 5.61. The van der Waals surface area contributed by atoms with Crippen LogP contribution in [0.1, 0.15) is 6.42 Å². The molecular formula is C8H6BrF6N. The van der Waals surface area contributed by atoms with Crippen molar-refractivity contribution in [2.75, 3.05) is 0 Å². The van der Waals surface area contributed by atoms with Gasteiger partial charge in [-0.25, -0.2) is 0 Å². The average Bonchev–Trinajstić information content (AvgIpc) is 2.43. The third-order valence-electron chi connectivity index (χ3n) is 4.00. The Hall–Kier alpha value is 0.0200. The maximum atomic E-state index is 12.9. The molecule has 3 saturated heterocycles. The molecule has 4 rings (SSSR count). The van der Waals surface area contributed by atoms with Crippen LogP contribution in [-0.2, 0) is 0 Å². The van der Waals surface area contributed by atoms with Crippen molar-refractivity contribution in [2.24, 2.45) is 5.92 Å². The number of rotatable bonds is 0. The third kappa shape index (κ3) is 0.878. The number of piperidine rings is 3. The highest BCUT2D eigenvalue weighted by molar-refractivity contribution is 9.09. The summed E-state index contributed by atoms with van der Waals surface area (Å²) in [5.74, 6) is -1.40. The largest absolute Gasteiger partial charge is 0.416 e. The van der Waals surface area contributed by atoms with E-state index in [0.29, 0.717) is 4.90 Å². The van der Waals surface area contributed by atoms with Crippen molar-refractivity contribution in [1.29, 1.82) is 0 Å². The molecule has 1 unspecified atom stereocenters. The minimum atomic E-state index is -5.26. The zero-order chi connectivity index (χ0) is 12.1. The molecule has 0 N–H and O–H groups in total. The van der Waals surface area contributed by atoms with E-state index in [9.17, 15) is 26.3 Å². The fourth-order valence-corrected chi connectivity index (χ4v) is 4.72. The molecule has 0 radical (unpaired) electrons. The first kappa shape index (κ1) is 11.1. The first-order chi connectivity index (χ1) is 7.14. The molecule has 1 nitrogen and oxygen atoms in total. The van der Waals surface area contributed by atoms with Crippen LogP contribution in [0, 0.1) is 5.92 Å². The predicted molar refractivity (Wildman–Crippen MR) is 45.1 cm³/mol. The minimum Gasteiger partial charge on any atom is -0.272 e. The molecule has 0 spiro atoms. The fraction of sp³-hybridized carbons (Fsp3) is 1.00. The SMILES string of the molecule is FC(F)(F)C1(C(F)(F)F)[C@H]2C[C@H]3[C@@H]([C@H]2Br)N31. The normalized spacial score (nSPS) is 48.6. The monoisotopic (exact) mass is 309 g/mol. The fourth-order valence-electron chi connectivity index (χ4n) is 3.51. The Morgan fingerprint density at radius 2 is 1.56 bits per heavy atom. The summed E-state index contributed by atoms with van der Waals surface area (Å²) in [4.78, 5) is -0.0994. The summed E-state index contributed by atoms with van der Waals surface area (Å²) in [6.07, 6.45) is -10.5. The maximum Gasteiger partial charge on any atom is 0.416 e. The molecule has 4 fully saturated rings. The molecular weight excluding hydrogens is 304 g/mol. The highest BCUT2D eigenvalue weighted by Gasteiger charge is 2.92. The lowest BCUT2D eigenvalue weighted by Crippen LogP contribution is -2.63. The molecule has 4 aliphatic rings. The maximum absolute atomic E-state index is 12.9. The van der Waals surface area contributed by atoms with Crippen molar-refractivity contribution in [3.63, 3.8) is 0 Å². The van der Waals surface area contributed by atoms with E-state index in [1.54, 1.807) is 0 Å². The molecule has 3 heterocycles. The van der Waals surface area contributed by atoms with Crippen molar-refractivity contribution in [3.05, 3.63) is 0 Å². The zero-order valence-electron chi connectivity index (χ0n) is 7.61. The summed E-state index contributed by atoms with van der Waals surface area (Å²) < 4.78 is 77.1. The van der Waals surface area contributed by atoms with E-state index in [-0.39, 0.29) is 6.42 Å². The number of nitrogens with zero attached hydrogens (tertiary/aromatic N) is 1. The summed E-state index contributed by atoms with van der Waals surface area (Å²) in [6.45, 7) is 0. The van der Waals surface area contributed by atoms with E-state index in [4.69, 9.17) is 0 Å². The first-order valence-electron chi connectivity index (χ1n) is 4.70. The molecule has 0 aromatic carbocycles. The van der Waals surface area contributed by atoms with E-state index >= 15 is 0 Å². The molecule has 16 heavy (non-hydrogen) atoms. The van der Waals surface area contributed by atoms with Crippen molar-refractivity contribution in [2.45, 2.75) is 41.2 Å². The lowest BCUT2D eigenvalue weighted by atomic mass is 9.85. The Morgan fingerprint density at radius 3 is 1.69 bits per heavy atom. The average molecular weight is 310 g/mol.